The van der Waals surface area contributed by atoms with Gasteiger partial charge in [0.2, 0.25) is 0 Å². The van der Waals surface area contributed by atoms with Crippen LogP contribution in [0.3, 0.4) is 0 Å². The zero-order valence-electron chi connectivity index (χ0n) is 8.09. The molecular formula is C9H13F5. The van der Waals surface area contributed by atoms with Crippen LogP contribution in [0.4, 0.5) is 22.0 Å². The van der Waals surface area contributed by atoms with Crippen LogP contribution in [0.25, 0.3) is 0 Å². The molecule has 0 fully saturated rings. The molecule has 0 heterocycles. The largest absolute Gasteiger partial charge is 0.397 e. The van der Waals surface area contributed by atoms with Gasteiger partial charge in [0.1, 0.15) is 5.92 Å². The summed E-state index contributed by atoms with van der Waals surface area (Å²) in [5.41, 5.74) is 0.189. The Morgan fingerprint density at radius 3 is 1.86 bits per heavy atom. The summed E-state index contributed by atoms with van der Waals surface area (Å²) in [6.07, 6.45) is -5.30. The topological polar surface area (TPSA) is 0 Å². The lowest BCUT2D eigenvalue weighted by Crippen LogP contribution is -2.37. The van der Waals surface area contributed by atoms with Crippen molar-refractivity contribution in [1.82, 2.24) is 0 Å². The molecule has 0 aromatic heterocycles. The molecule has 0 bridgehead atoms. The van der Waals surface area contributed by atoms with Crippen molar-refractivity contribution in [1.29, 1.82) is 0 Å². The molecule has 14 heavy (non-hydrogen) atoms. The van der Waals surface area contributed by atoms with Crippen molar-refractivity contribution in [2.45, 2.75) is 38.8 Å². The minimum atomic E-state index is -4.88. The maximum Gasteiger partial charge on any atom is 0.397 e. The Kier molecular flexibility index (Phi) is 4.09. The molecule has 5 heteroatoms. The molecule has 0 aliphatic carbocycles. The second-order valence-corrected chi connectivity index (χ2v) is 3.36. The quantitative estimate of drug-likeness (QED) is 0.488. The summed E-state index contributed by atoms with van der Waals surface area (Å²) < 4.78 is 61.8. The van der Waals surface area contributed by atoms with Crippen LogP contribution in [0, 0.1) is 5.92 Å². The molecule has 1 unspecified atom stereocenters. The Bertz CT molecular complexity index is 184. The molecule has 0 aliphatic heterocycles. The zero-order chi connectivity index (χ0) is 11.6. The van der Waals surface area contributed by atoms with E-state index in [9.17, 15) is 22.0 Å². The number of rotatable bonds is 4. The van der Waals surface area contributed by atoms with Gasteiger partial charge in [-0.2, -0.15) is 13.2 Å². The molecule has 1 atom stereocenters. The third kappa shape index (κ3) is 4.07. The molecule has 0 aromatic carbocycles. The lowest BCUT2D eigenvalue weighted by atomic mass is 9.93. The predicted molar refractivity (Wildman–Crippen MR) is 44.2 cm³/mol. The van der Waals surface area contributed by atoms with Gasteiger partial charge in [-0.3, -0.25) is 0 Å². The molecule has 0 radical (unpaired) electrons. The number of hydrogen-bond donors (Lipinski definition) is 0. The van der Waals surface area contributed by atoms with Crippen molar-refractivity contribution in [2.75, 3.05) is 0 Å². The van der Waals surface area contributed by atoms with Crippen LogP contribution < -0.4 is 0 Å². The van der Waals surface area contributed by atoms with E-state index < -0.39 is 24.4 Å². The van der Waals surface area contributed by atoms with E-state index in [-0.39, 0.29) is 18.9 Å². The van der Waals surface area contributed by atoms with Gasteiger partial charge in [0.25, 0.3) is 5.92 Å². The average molecular weight is 216 g/mol. The standard InChI is InChI=1S/C9H13F5/c1-4-6(2)5-7(8(3,10)11)9(12,13)14/h7H,2,4-5H2,1,3H3. The predicted octanol–water partition coefficient (Wildman–Crippen LogP) is 4.18. The maximum atomic E-state index is 12.6. The van der Waals surface area contributed by atoms with Crippen molar-refractivity contribution in [2.24, 2.45) is 5.92 Å². The maximum absolute atomic E-state index is 12.6. The first-order chi connectivity index (χ1) is 6.09. The Morgan fingerprint density at radius 1 is 1.21 bits per heavy atom. The molecule has 0 saturated heterocycles. The number of alkyl halides is 5. The molecule has 84 valence electrons. The van der Waals surface area contributed by atoms with Gasteiger partial charge >= 0.3 is 6.18 Å². The molecule has 0 aliphatic rings. The van der Waals surface area contributed by atoms with Gasteiger partial charge in [0, 0.05) is 0 Å². The van der Waals surface area contributed by atoms with Crippen molar-refractivity contribution < 1.29 is 22.0 Å². The molecule has 0 amide bonds. The van der Waals surface area contributed by atoms with E-state index in [1.165, 1.54) is 0 Å². The van der Waals surface area contributed by atoms with E-state index in [1.54, 1.807) is 6.92 Å². The number of hydrogen-bond acceptors (Lipinski definition) is 0. The van der Waals surface area contributed by atoms with Crippen LogP contribution in [-0.4, -0.2) is 12.1 Å². The normalized spacial score (nSPS) is 15.4. The molecule has 0 N–H and O–H groups in total. The molecule has 0 rings (SSSR count). The Balaban J connectivity index is 4.68. The Hall–Kier alpha value is -0.610. The van der Waals surface area contributed by atoms with Gasteiger partial charge in [0.15, 0.2) is 0 Å². The highest BCUT2D eigenvalue weighted by molar-refractivity contribution is 4.98. The molecular weight excluding hydrogens is 203 g/mol. The smallest absolute Gasteiger partial charge is 0.207 e. The second kappa shape index (κ2) is 4.28. The highest BCUT2D eigenvalue weighted by Gasteiger charge is 2.52. The number of allylic oxidation sites excluding steroid dienone is 1. The van der Waals surface area contributed by atoms with Crippen LogP contribution in [0.1, 0.15) is 26.7 Å². The van der Waals surface area contributed by atoms with Crippen molar-refractivity contribution in [3.8, 4) is 0 Å². The summed E-state index contributed by atoms with van der Waals surface area (Å²) in [5, 5.41) is 0. The minimum Gasteiger partial charge on any atom is -0.207 e. The summed E-state index contributed by atoms with van der Waals surface area (Å²) >= 11 is 0. The fraction of sp³-hybridized carbons (Fsp3) is 0.778. The lowest BCUT2D eigenvalue weighted by Gasteiger charge is -2.26. The van der Waals surface area contributed by atoms with E-state index in [1.807, 2.05) is 0 Å². The van der Waals surface area contributed by atoms with E-state index >= 15 is 0 Å². The summed E-state index contributed by atoms with van der Waals surface area (Å²) in [4.78, 5) is 0. The number of halogens is 5. The Labute approximate surface area is 79.8 Å². The summed E-state index contributed by atoms with van der Waals surface area (Å²) in [6, 6.07) is 0. The third-order valence-electron chi connectivity index (χ3n) is 2.00. The van der Waals surface area contributed by atoms with Crippen molar-refractivity contribution >= 4 is 0 Å². The summed E-state index contributed by atoms with van der Waals surface area (Å²) in [6.45, 7) is 5.18. The fourth-order valence-corrected chi connectivity index (χ4v) is 1.02. The summed E-state index contributed by atoms with van der Waals surface area (Å²) in [7, 11) is 0. The SMILES string of the molecule is C=C(CC)CC(C(C)(F)F)C(F)(F)F. The lowest BCUT2D eigenvalue weighted by molar-refractivity contribution is -0.234. The molecule has 0 aromatic rings. The van der Waals surface area contributed by atoms with E-state index in [0.29, 0.717) is 0 Å². The zero-order valence-corrected chi connectivity index (χ0v) is 8.09. The van der Waals surface area contributed by atoms with E-state index in [4.69, 9.17) is 0 Å². The van der Waals surface area contributed by atoms with Gasteiger partial charge in [-0.05, 0) is 19.8 Å². The monoisotopic (exact) mass is 216 g/mol. The molecule has 0 nitrogen and oxygen atoms in total. The Morgan fingerprint density at radius 2 is 1.64 bits per heavy atom. The van der Waals surface area contributed by atoms with E-state index in [0.717, 1.165) is 0 Å². The van der Waals surface area contributed by atoms with Gasteiger partial charge in [0.05, 0.1) is 0 Å². The first-order valence-corrected chi connectivity index (χ1v) is 4.20. The third-order valence-corrected chi connectivity index (χ3v) is 2.00. The van der Waals surface area contributed by atoms with Crippen LogP contribution >= 0.6 is 0 Å². The first kappa shape index (κ1) is 13.4. The molecule has 0 spiro atoms. The minimum absolute atomic E-state index is 0.189. The van der Waals surface area contributed by atoms with Gasteiger partial charge in [-0.25, -0.2) is 8.78 Å². The van der Waals surface area contributed by atoms with Crippen LogP contribution in [-0.2, 0) is 0 Å². The van der Waals surface area contributed by atoms with Crippen molar-refractivity contribution in [3.63, 3.8) is 0 Å². The highest BCUT2D eigenvalue weighted by atomic mass is 19.4. The van der Waals surface area contributed by atoms with Crippen molar-refractivity contribution in [3.05, 3.63) is 12.2 Å². The average Bonchev–Trinajstić information content (AvgIpc) is 1.95. The van der Waals surface area contributed by atoms with Gasteiger partial charge in [-0.15, -0.1) is 0 Å². The van der Waals surface area contributed by atoms with Crippen LogP contribution in [0.15, 0.2) is 12.2 Å². The van der Waals surface area contributed by atoms with Crippen LogP contribution in [0.2, 0.25) is 0 Å². The second-order valence-electron chi connectivity index (χ2n) is 3.36. The summed E-state index contributed by atoms with van der Waals surface area (Å²) in [5.74, 6) is -6.38. The molecule has 0 saturated carbocycles. The van der Waals surface area contributed by atoms with E-state index in [2.05, 4.69) is 6.58 Å². The fourth-order valence-electron chi connectivity index (χ4n) is 1.02. The van der Waals surface area contributed by atoms with Crippen LogP contribution in [0.5, 0.6) is 0 Å². The first-order valence-electron chi connectivity index (χ1n) is 4.20. The van der Waals surface area contributed by atoms with Gasteiger partial charge < -0.3 is 0 Å². The van der Waals surface area contributed by atoms with Gasteiger partial charge in [-0.1, -0.05) is 19.1 Å². The highest BCUT2D eigenvalue weighted by Crippen LogP contribution is 2.41.